The molecule has 182 valence electrons. The number of hydrogen-bond donors (Lipinski definition) is 2. The molecule has 3 rings (SSSR count). The average molecular weight is 445 g/mol. The summed E-state index contributed by atoms with van der Waals surface area (Å²) in [4.78, 5) is 0. The van der Waals surface area contributed by atoms with Gasteiger partial charge in [-0.05, 0) is 92.4 Å². The zero-order valence-electron chi connectivity index (χ0n) is 21.5. The third-order valence-electron chi connectivity index (χ3n) is 10.1. The molecule has 0 aromatic carbocycles. The maximum atomic E-state index is 10.4. The molecule has 0 amide bonds. The molecular formula is C29H48O3. The first-order chi connectivity index (χ1) is 14.9. The molecular weight excluding hydrogens is 396 g/mol. The molecule has 0 radical (unpaired) electrons. The van der Waals surface area contributed by atoms with Crippen LogP contribution >= 0.6 is 0 Å². The fraction of sp³-hybridized carbons (Fsp3) is 0.793. The van der Waals surface area contributed by atoms with Gasteiger partial charge in [-0.3, -0.25) is 0 Å². The number of rotatable bonds is 7. The lowest BCUT2D eigenvalue weighted by atomic mass is 9.49. The Kier molecular flexibility index (Phi) is 7.85. The molecule has 3 saturated carbocycles. The largest absolute Gasteiger partial charge is 0.393 e. The molecule has 0 aromatic rings. The normalized spacial score (nSPS) is 39.5. The predicted molar refractivity (Wildman–Crippen MR) is 133 cm³/mol. The summed E-state index contributed by atoms with van der Waals surface area (Å²) in [6.07, 6.45) is 15.0. The highest BCUT2D eigenvalue weighted by Gasteiger charge is 2.61. The summed E-state index contributed by atoms with van der Waals surface area (Å²) in [6, 6.07) is 0. The Hall–Kier alpha value is -0.900. The molecule has 0 bridgehead atoms. The molecule has 0 heterocycles. The minimum Gasteiger partial charge on any atom is -0.393 e. The summed E-state index contributed by atoms with van der Waals surface area (Å²) in [7, 11) is 1.71. The maximum Gasteiger partial charge on any atom is 0.0840 e. The second-order valence-corrected chi connectivity index (χ2v) is 12.1. The quantitative estimate of drug-likeness (QED) is 0.427. The van der Waals surface area contributed by atoms with E-state index < -0.39 is 6.10 Å². The van der Waals surface area contributed by atoms with Crippen molar-refractivity contribution in [1.29, 1.82) is 0 Å². The van der Waals surface area contributed by atoms with Crippen molar-refractivity contribution in [3.8, 4) is 0 Å². The van der Waals surface area contributed by atoms with E-state index >= 15 is 0 Å². The van der Waals surface area contributed by atoms with Gasteiger partial charge in [0.2, 0.25) is 0 Å². The van der Waals surface area contributed by atoms with Crippen LogP contribution in [0, 0.1) is 22.2 Å². The van der Waals surface area contributed by atoms with Crippen molar-refractivity contribution < 1.29 is 14.9 Å². The number of aliphatic hydroxyl groups excluding tert-OH is 2. The summed E-state index contributed by atoms with van der Waals surface area (Å²) in [5.41, 5.74) is 4.58. The molecule has 0 aromatic heterocycles. The Balaban J connectivity index is 1.80. The topological polar surface area (TPSA) is 49.7 Å². The van der Waals surface area contributed by atoms with Crippen molar-refractivity contribution >= 4 is 0 Å². The monoisotopic (exact) mass is 444 g/mol. The van der Waals surface area contributed by atoms with Crippen LogP contribution in [0.2, 0.25) is 0 Å². The van der Waals surface area contributed by atoms with E-state index in [0.717, 1.165) is 24.8 Å². The van der Waals surface area contributed by atoms with Gasteiger partial charge < -0.3 is 14.9 Å². The van der Waals surface area contributed by atoms with Gasteiger partial charge in [-0.1, -0.05) is 64.0 Å². The third-order valence-corrected chi connectivity index (χ3v) is 10.1. The molecule has 2 N–H and O–H groups in total. The summed E-state index contributed by atoms with van der Waals surface area (Å²) in [6.45, 7) is 16.0. The highest BCUT2D eigenvalue weighted by Crippen LogP contribution is 2.69. The van der Waals surface area contributed by atoms with Crippen LogP contribution in [0.25, 0.3) is 0 Å². The van der Waals surface area contributed by atoms with Gasteiger partial charge in [0.15, 0.2) is 0 Å². The number of aliphatic hydroxyl groups is 2. The number of hydrogen-bond acceptors (Lipinski definition) is 3. The van der Waals surface area contributed by atoms with Gasteiger partial charge in [0.05, 0.1) is 18.3 Å². The molecule has 6 atom stereocenters. The van der Waals surface area contributed by atoms with Crippen LogP contribution in [0.1, 0.15) is 98.8 Å². The minimum absolute atomic E-state index is 0.0720. The van der Waals surface area contributed by atoms with E-state index in [1.807, 2.05) is 6.92 Å². The van der Waals surface area contributed by atoms with Crippen LogP contribution in [-0.2, 0) is 4.74 Å². The van der Waals surface area contributed by atoms with Crippen LogP contribution in [0.4, 0.5) is 0 Å². The molecule has 1 unspecified atom stereocenters. The zero-order valence-corrected chi connectivity index (χ0v) is 21.5. The lowest BCUT2D eigenvalue weighted by Crippen LogP contribution is -2.48. The van der Waals surface area contributed by atoms with Crippen LogP contribution in [0.5, 0.6) is 0 Å². The molecule has 3 nitrogen and oxygen atoms in total. The van der Waals surface area contributed by atoms with E-state index in [9.17, 15) is 10.2 Å². The van der Waals surface area contributed by atoms with Crippen molar-refractivity contribution in [1.82, 2.24) is 0 Å². The first-order valence-corrected chi connectivity index (χ1v) is 12.9. The van der Waals surface area contributed by atoms with Crippen molar-refractivity contribution in [2.75, 3.05) is 7.11 Å². The zero-order chi connectivity index (χ0) is 23.7. The Morgan fingerprint density at radius 1 is 1.22 bits per heavy atom. The standard InChI is InChI=1S/C29H48O3/c1-20(30)10-8-15-27(3,4)29(6)17-14-24-23(11-9-16-28(24,29)5)13-12-22-18-25(31)21(2)26(19-22)32-7/h12-13,20,24-26,30-31H,2,8-11,14-19H2,1,3-7H3/b22-12+,23-13+/t20-,24?,25-,26-,28+,29-/m1/s1. The van der Waals surface area contributed by atoms with E-state index in [0.29, 0.717) is 23.2 Å². The van der Waals surface area contributed by atoms with E-state index in [-0.39, 0.29) is 17.6 Å². The molecule has 0 spiro atoms. The maximum absolute atomic E-state index is 10.4. The van der Waals surface area contributed by atoms with Gasteiger partial charge in [0.25, 0.3) is 0 Å². The van der Waals surface area contributed by atoms with Crippen LogP contribution in [0.3, 0.4) is 0 Å². The molecule has 0 aliphatic heterocycles. The van der Waals surface area contributed by atoms with Crippen molar-refractivity contribution in [3.05, 3.63) is 35.5 Å². The van der Waals surface area contributed by atoms with Gasteiger partial charge in [-0.15, -0.1) is 0 Å². The summed E-state index contributed by atoms with van der Waals surface area (Å²) >= 11 is 0. The van der Waals surface area contributed by atoms with Gasteiger partial charge in [-0.25, -0.2) is 0 Å². The Morgan fingerprint density at radius 2 is 1.94 bits per heavy atom. The van der Waals surface area contributed by atoms with Gasteiger partial charge in [-0.2, -0.15) is 0 Å². The Labute approximate surface area is 197 Å². The second-order valence-electron chi connectivity index (χ2n) is 12.1. The highest BCUT2D eigenvalue weighted by atomic mass is 16.5. The van der Waals surface area contributed by atoms with Crippen molar-refractivity contribution in [2.45, 2.75) is 117 Å². The number of fused-ring (bicyclic) bond motifs is 1. The van der Waals surface area contributed by atoms with Crippen LogP contribution in [-0.4, -0.2) is 35.6 Å². The van der Waals surface area contributed by atoms with Crippen molar-refractivity contribution in [3.63, 3.8) is 0 Å². The highest BCUT2D eigenvalue weighted by molar-refractivity contribution is 5.30. The Bertz CT molecular complexity index is 746. The third kappa shape index (κ3) is 4.68. The predicted octanol–water partition coefficient (Wildman–Crippen LogP) is 6.75. The molecule has 3 heteroatoms. The number of allylic oxidation sites excluding steroid dienone is 3. The summed E-state index contributed by atoms with van der Waals surface area (Å²) in [5, 5.41) is 20.1. The first kappa shape index (κ1) is 25.7. The van der Waals surface area contributed by atoms with Crippen LogP contribution in [0.15, 0.2) is 35.5 Å². The smallest absolute Gasteiger partial charge is 0.0840 e. The minimum atomic E-state index is -0.493. The first-order valence-electron chi connectivity index (χ1n) is 12.9. The van der Waals surface area contributed by atoms with Gasteiger partial charge in [0, 0.05) is 7.11 Å². The number of ether oxygens (including phenoxy) is 1. The molecule has 3 aliphatic carbocycles. The molecule has 32 heavy (non-hydrogen) atoms. The number of methoxy groups -OCH3 is 1. The lowest BCUT2D eigenvalue weighted by molar-refractivity contribution is -0.0545. The molecule has 3 aliphatic rings. The Morgan fingerprint density at radius 3 is 2.59 bits per heavy atom. The lowest BCUT2D eigenvalue weighted by Gasteiger charge is -2.56. The second kappa shape index (κ2) is 9.76. The summed E-state index contributed by atoms with van der Waals surface area (Å²) in [5.74, 6) is 0.649. The van der Waals surface area contributed by atoms with Crippen LogP contribution < -0.4 is 0 Å². The van der Waals surface area contributed by atoms with Gasteiger partial charge in [0.1, 0.15) is 0 Å². The summed E-state index contributed by atoms with van der Waals surface area (Å²) < 4.78 is 5.56. The fourth-order valence-electron chi connectivity index (χ4n) is 7.37. The molecule has 3 fully saturated rings. The van der Waals surface area contributed by atoms with Crippen molar-refractivity contribution in [2.24, 2.45) is 22.2 Å². The molecule has 0 saturated heterocycles. The average Bonchev–Trinajstić information content (AvgIpc) is 3.01. The fourth-order valence-corrected chi connectivity index (χ4v) is 7.37. The SMILES string of the molecule is C=C1[C@H](O)C/C(=C\C=C2/CCC[C@@]3(C)C2CC[C@]3(C)C(C)(C)CCC[C@@H](C)O)C[C@H]1OC. The van der Waals surface area contributed by atoms with Gasteiger partial charge >= 0.3 is 0 Å². The van der Waals surface area contributed by atoms with E-state index in [4.69, 9.17) is 4.74 Å². The van der Waals surface area contributed by atoms with E-state index in [1.54, 1.807) is 12.7 Å². The van der Waals surface area contributed by atoms with E-state index in [2.05, 4.69) is 46.4 Å². The van der Waals surface area contributed by atoms with E-state index in [1.165, 1.54) is 44.1 Å².